The van der Waals surface area contributed by atoms with Gasteiger partial charge in [-0.25, -0.2) is 0 Å². The number of aryl methyl sites for hydroxylation is 1. The Hall–Kier alpha value is -1.97. The van der Waals surface area contributed by atoms with Crippen molar-refractivity contribution in [3.8, 4) is 11.5 Å². The number of benzene rings is 1. The van der Waals surface area contributed by atoms with Crippen LogP contribution in [0.2, 0.25) is 0 Å². The average Bonchev–Trinajstić information content (AvgIpc) is 3.26. The third-order valence-corrected chi connectivity index (χ3v) is 3.77. The molecule has 7 nitrogen and oxygen atoms in total. The highest BCUT2D eigenvalue weighted by Crippen LogP contribution is 2.32. The number of aromatic nitrogens is 1. The minimum absolute atomic E-state index is 0. The Morgan fingerprint density at radius 2 is 2.04 bits per heavy atom. The second kappa shape index (κ2) is 9.50. The highest BCUT2D eigenvalue weighted by Gasteiger charge is 2.13. The summed E-state index contributed by atoms with van der Waals surface area (Å²) >= 11 is 0. The van der Waals surface area contributed by atoms with E-state index >= 15 is 0 Å². The normalized spacial score (nSPS) is 12.6. The first-order valence-corrected chi connectivity index (χ1v) is 8.06. The molecule has 1 aliphatic rings. The summed E-state index contributed by atoms with van der Waals surface area (Å²) in [5.41, 5.74) is 2.14. The van der Waals surface area contributed by atoms with Crippen molar-refractivity contribution < 1.29 is 14.0 Å². The summed E-state index contributed by atoms with van der Waals surface area (Å²) in [6.07, 6.45) is 1.73. The summed E-state index contributed by atoms with van der Waals surface area (Å²) < 4.78 is 16.0. The zero-order chi connectivity index (χ0) is 16.8. The lowest BCUT2D eigenvalue weighted by molar-refractivity contribution is 0.174. The maximum atomic E-state index is 5.39. The predicted molar refractivity (Wildman–Crippen MR) is 106 cm³/mol. The molecule has 0 unspecified atom stereocenters. The van der Waals surface area contributed by atoms with Crippen LogP contribution in [0.4, 0.5) is 0 Å². The number of rotatable bonds is 6. The van der Waals surface area contributed by atoms with Gasteiger partial charge >= 0.3 is 0 Å². The number of hydrogen-bond acceptors (Lipinski definition) is 5. The molecule has 0 radical (unpaired) electrons. The van der Waals surface area contributed by atoms with Gasteiger partial charge < -0.3 is 24.6 Å². The van der Waals surface area contributed by atoms with Crippen LogP contribution in [-0.4, -0.2) is 31.5 Å². The van der Waals surface area contributed by atoms with Gasteiger partial charge in [-0.2, -0.15) is 0 Å². The largest absolute Gasteiger partial charge is 0.454 e. The molecular weight excluding hydrogens is 435 g/mol. The van der Waals surface area contributed by atoms with Crippen molar-refractivity contribution in [2.24, 2.45) is 4.99 Å². The number of nitrogens with zero attached hydrogens (tertiary/aromatic N) is 2. The van der Waals surface area contributed by atoms with Crippen LogP contribution in [-0.2, 0) is 19.4 Å². The molecule has 0 spiro atoms. The van der Waals surface area contributed by atoms with E-state index < -0.39 is 0 Å². The fraction of sp³-hybridized carbons (Fsp3) is 0.412. The molecule has 0 atom stereocenters. The summed E-state index contributed by atoms with van der Waals surface area (Å²) in [4.78, 5) is 4.21. The molecule has 2 heterocycles. The number of fused-ring (bicyclic) bond motifs is 1. The summed E-state index contributed by atoms with van der Waals surface area (Å²) in [6.45, 7) is 3.66. The second-order valence-electron chi connectivity index (χ2n) is 5.43. The van der Waals surface area contributed by atoms with Crippen molar-refractivity contribution in [1.29, 1.82) is 0 Å². The molecule has 2 aromatic rings. The quantitative estimate of drug-likeness (QED) is 0.394. The Labute approximate surface area is 164 Å². The van der Waals surface area contributed by atoms with E-state index in [1.165, 1.54) is 5.56 Å². The van der Waals surface area contributed by atoms with Crippen molar-refractivity contribution in [1.82, 2.24) is 15.8 Å². The van der Waals surface area contributed by atoms with Gasteiger partial charge in [-0.15, -0.1) is 24.0 Å². The van der Waals surface area contributed by atoms with Gasteiger partial charge in [0.2, 0.25) is 6.79 Å². The minimum atomic E-state index is 0. The summed E-state index contributed by atoms with van der Waals surface area (Å²) in [6, 6.07) is 7.96. The van der Waals surface area contributed by atoms with E-state index in [1.54, 1.807) is 7.05 Å². The van der Waals surface area contributed by atoms with Crippen LogP contribution in [0, 0.1) is 0 Å². The number of halogens is 1. The number of guanidine groups is 1. The molecule has 0 saturated carbocycles. The molecule has 8 heteroatoms. The van der Waals surface area contributed by atoms with E-state index in [4.69, 9.17) is 14.0 Å². The Morgan fingerprint density at radius 1 is 1.20 bits per heavy atom. The lowest BCUT2D eigenvalue weighted by atomic mass is 10.1. The number of ether oxygens (including phenoxy) is 2. The summed E-state index contributed by atoms with van der Waals surface area (Å²) in [5, 5.41) is 10.5. The molecule has 25 heavy (non-hydrogen) atoms. The molecule has 2 N–H and O–H groups in total. The minimum Gasteiger partial charge on any atom is -0.454 e. The first-order chi connectivity index (χ1) is 11.8. The van der Waals surface area contributed by atoms with Gasteiger partial charge in [0, 0.05) is 19.7 Å². The van der Waals surface area contributed by atoms with Crippen molar-refractivity contribution in [2.75, 3.05) is 20.4 Å². The van der Waals surface area contributed by atoms with Crippen molar-refractivity contribution >= 4 is 29.9 Å². The topological polar surface area (TPSA) is 80.9 Å². The number of nitrogens with one attached hydrogen (secondary N) is 2. The van der Waals surface area contributed by atoms with Gasteiger partial charge in [0.15, 0.2) is 23.2 Å². The Morgan fingerprint density at radius 3 is 2.80 bits per heavy atom. The highest BCUT2D eigenvalue weighted by molar-refractivity contribution is 14.0. The zero-order valence-corrected chi connectivity index (χ0v) is 16.7. The van der Waals surface area contributed by atoms with Gasteiger partial charge in [0.05, 0.1) is 12.2 Å². The maximum absolute atomic E-state index is 5.39. The Balaban J connectivity index is 0.00000225. The summed E-state index contributed by atoms with van der Waals surface area (Å²) in [5.74, 6) is 3.14. The average molecular weight is 458 g/mol. The van der Waals surface area contributed by atoms with E-state index in [2.05, 4.69) is 20.8 Å². The fourth-order valence-electron chi connectivity index (χ4n) is 2.42. The molecule has 0 amide bonds. The van der Waals surface area contributed by atoms with E-state index in [-0.39, 0.29) is 24.0 Å². The second-order valence-corrected chi connectivity index (χ2v) is 5.43. The lowest BCUT2D eigenvalue weighted by Crippen LogP contribution is -2.37. The third-order valence-electron chi connectivity index (χ3n) is 3.77. The molecule has 0 saturated heterocycles. The fourth-order valence-corrected chi connectivity index (χ4v) is 2.42. The first-order valence-electron chi connectivity index (χ1n) is 8.06. The van der Waals surface area contributed by atoms with Gasteiger partial charge in [0.1, 0.15) is 0 Å². The SMILES string of the molecule is CCc1cc(CNC(=NC)NCCc2ccc3c(c2)OCO3)on1.I. The Kier molecular flexibility index (Phi) is 7.35. The monoisotopic (exact) mass is 458 g/mol. The van der Waals surface area contributed by atoms with E-state index in [0.29, 0.717) is 13.3 Å². The summed E-state index contributed by atoms with van der Waals surface area (Å²) in [7, 11) is 1.74. The van der Waals surface area contributed by atoms with Crippen LogP contribution in [0.5, 0.6) is 11.5 Å². The van der Waals surface area contributed by atoms with Crippen LogP contribution < -0.4 is 20.1 Å². The zero-order valence-electron chi connectivity index (χ0n) is 14.4. The number of hydrogen-bond donors (Lipinski definition) is 2. The van der Waals surface area contributed by atoms with Gasteiger partial charge in [-0.05, 0) is 30.5 Å². The highest BCUT2D eigenvalue weighted by atomic mass is 127. The van der Waals surface area contributed by atoms with Crippen LogP contribution >= 0.6 is 24.0 Å². The molecule has 1 aromatic carbocycles. The molecule has 1 aromatic heterocycles. The molecule has 0 aliphatic carbocycles. The standard InChI is InChI=1S/C17H22N4O3.HI/c1-3-13-9-14(24-21-13)10-20-17(18-2)19-7-6-12-4-5-15-16(8-12)23-11-22-15;/h4-5,8-9H,3,6-7,10-11H2,1-2H3,(H2,18,19,20);1H. The molecular formula is C17H23IN4O3. The molecule has 136 valence electrons. The maximum Gasteiger partial charge on any atom is 0.231 e. The smallest absolute Gasteiger partial charge is 0.231 e. The van der Waals surface area contributed by atoms with Gasteiger partial charge in [-0.1, -0.05) is 18.1 Å². The van der Waals surface area contributed by atoms with E-state index in [0.717, 1.165) is 48.3 Å². The first kappa shape index (κ1) is 19.4. The number of aliphatic imine (C=N–C) groups is 1. The molecule has 3 rings (SSSR count). The van der Waals surface area contributed by atoms with Gasteiger partial charge in [-0.3, -0.25) is 4.99 Å². The molecule has 0 bridgehead atoms. The van der Waals surface area contributed by atoms with Gasteiger partial charge in [0.25, 0.3) is 0 Å². The third kappa shape index (κ3) is 5.25. The lowest BCUT2D eigenvalue weighted by Gasteiger charge is -2.10. The molecule has 1 aliphatic heterocycles. The predicted octanol–water partition coefficient (Wildman–Crippen LogP) is 2.49. The van der Waals surface area contributed by atoms with Crippen LogP contribution in [0.1, 0.15) is 23.9 Å². The van der Waals surface area contributed by atoms with Crippen molar-refractivity contribution in [2.45, 2.75) is 26.3 Å². The van der Waals surface area contributed by atoms with Crippen LogP contribution in [0.25, 0.3) is 0 Å². The Bertz CT molecular complexity index is 718. The van der Waals surface area contributed by atoms with E-state index in [1.807, 2.05) is 31.2 Å². The molecule has 0 fully saturated rings. The van der Waals surface area contributed by atoms with Crippen LogP contribution in [0.15, 0.2) is 33.8 Å². The van der Waals surface area contributed by atoms with E-state index in [9.17, 15) is 0 Å². The van der Waals surface area contributed by atoms with Crippen molar-refractivity contribution in [3.63, 3.8) is 0 Å². The van der Waals surface area contributed by atoms with Crippen molar-refractivity contribution in [3.05, 3.63) is 41.3 Å². The van der Waals surface area contributed by atoms with Crippen LogP contribution in [0.3, 0.4) is 0 Å².